The number of likely N-dealkylation sites (tertiary alicyclic amines) is 1. The summed E-state index contributed by atoms with van der Waals surface area (Å²) in [4.78, 5) is 38.7. The minimum Gasteiger partial charge on any atom is -0.355 e. The molecule has 2 heterocycles. The molecule has 3 rings (SSSR count). The van der Waals surface area contributed by atoms with Crippen molar-refractivity contribution in [2.24, 2.45) is 11.8 Å². The number of hydrogen-bond donors (Lipinski definition) is 3. The minimum atomic E-state index is -4.32. The van der Waals surface area contributed by atoms with Crippen molar-refractivity contribution in [2.75, 3.05) is 31.5 Å². The summed E-state index contributed by atoms with van der Waals surface area (Å²) < 4.78 is 52.9. The highest BCUT2D eigenvalue weighted by Crippen LogP contribution is 2.28. The van der Waals surface area contributed by atoms with E-state index < -0.39 is 53.6 Å². The molecule has 2 aliphatic heterocycles. The van der Waals surface area contributed by atoms with Gasteiger partial charge in [-0.2, -0.15) is 13.2 Å². The van der Waals surface area contributed by atoms with Crippen LogP contribution in [0.2, 0.25) is 0 Å². The molecule has 0 aliphatic carbocycles. The van der Waals surface area contributed by atoms with Crippen molar-refractivity contribution < 1.29 is 31.9 Å². The van der Waals surface area contributed by atoms with Gasteiger partial charge in [-0.05, 0) is 55.0 Å². The van der Waals surface area contributed by atoms with E-state index in [4.69, 9.17) is 0 Å². The second-order valence-corrected chi connectivity index (χ2v) is 10.4. The first-order chi connectivity index (χ1) is 16.2. The third-order valence-electron chi connectivity index (χ3n) is 6.48. The van der Waals surface area contributed by atoms with Crippen LogP contribution in [-0.2, 0) is 19.8 Å². The van der Waals surface area contributed by atoms with Gasteiger partial charge in [0.15, 0.2) is 0 Å². The number of carbonyl (C=O) groups excluding carboxylic acids is 3. The number of halogens is 4. The third-order valence-corrected chi connectivity index (χ3v) is 6.48. The topological polar surface area (TPSA) is 90.5 Å². The number of amides is 3. The van der Waals surface area contributed by atoms with E-state index in [1.54, 1.807) is 12.1 Å². The molecule has 0 aromatic heterocycles. The molecule has 0 bridgehead atoms. The zero-order chi connectivity index (χ0) is 26.0. The average molecular weight is 501 g/mol. The maximum absolute atomic E-state index is 14.6. The molecule has 0 spiro atoms. The summed E-state index contributed by atoms with van der Waals surface area (Å²) in [5.74, 6) is -2.84. The number of nitrogens with zero attached hydrogens (tertiary/aromatic N) is 1. The highest BCUT2D eigenvalue weighted by atomic mass is 19.4. The number of piperidine rings is 1. The predicted molar refractivity (Wildman–Crippen MR) is 122 cm³/mol. The van der Waals surface area contributed by atoms with Crippen molar-refractivity contribution >= 4 is 23.4 Å². The van der Waals surface area contributed by atoms with E-state index in [1.807, 2.05) is 20.8 Å². The molecule has 7 nitrogen and oxygen atoms in total. The van der Waals surface area contributed by atoms with Crippen LogP contribution in [-0.4, -0.2) is 61.0 Å². The fraction of sp³-hybridized carbons (Fsp3) is 0.625. The first-order valence-corrected chi connectivity index (χ1v) is 11.7. The van der Waals surface area contributed by atoms with Crippen molar-refractivity contribution in [3.63, 3.8) is 0 Å². The summed E-state index contributed by atoms with van der Waals surface area (Å²) in [6, 6.07) is 3.34. The summed E-state index contributed by atoms with van der Waals surface area (Å²) in [7, 11) is 0. The highest BCUT2D eigenvalue weighted by molar-refractivity contribution is 5.98. The van der Waals surface area contributed by atoms with Gasteiger partial charge in [-0.15, -0.1) is 0 Å². The Hall–Kier alpha value is -2.69. The third kappa shape index (κ3) is 7.39. The van der Waals surface area contributed by atoms with Crippen LogP contribution in [0.15, 0.2) is 18.2 Å². The Labute approximate surface area is 202 Å². The molecule has 35 heavy (non-hydrogen) atoms. The Morgan fingerprint density at radius 1 is 1.17 bits per heavy atom. The maximum Gasteiger partial charge on any atom is 0.401 e. The van der Waals surface area contributed by atoms with E-state index >= 15 is 0 Å². The molecule has 2 atom stereocenters. The van der Waals surface area contributed by atoms with E-state index in [9.17, 15) is 31.9 Å². The van der Waals surface area contributed by atoms with Crippen molar-refractivity contribution in [1.82, 2.24) is 15.5 Å². The lowest BCUT2D eigenvalue weighted by atomic mass is 9.86. The van der Waals surface area contributed by atoms with Crippen molar-refractivity contribution in [2.45, 2.75) is 57.7 Å². The van der Waals surface area contributed by atoms with E-state index in [1.165, 1.54) is 11.0 Å². The fourth-order valence-corrected chi connectivity index (χ4v) is 4.58. The smallest absolute Gasteiger partial charge is 0.355 e. The van der Waals surface area contributed by atoms with Gasteiger partial charge in [0, 0.05) is 18.7 Å². The second-order valence-electron chi connectivity index (χ2n) is 10.4. The van der Waals surface area contributed by atoms with Crippen molar-refractivity contribution in [3.05, 3.63) is 29.6 Å². The number of carbonyl (C=O) groups is 3. The van der Waals surface area contributed by atoms with Gasteiger partial charge in [-0.25, -0.2) is 4.39 Å². The Kier molecular flexibility index (Phi) is 8.08. The zero-order valence-corrected chi connectivity index (χ0v) is 20.1. The van der Waals surface area contributed by atoms with E-state index in [0.29, 0.717) is 5.56 Å². The molecule has 3 N–H and O–H groups in total. The van der Waals surface area contributed by atoms with Crippen LogP contribution in [0.4, 0.5) is 23.2 Å². The van der Waals surface area contributed by atoms with Crippen molar-refractivity contribution in [1.29, 1.82) is 0 Å². The quantitative estimate of drug-likeness (QED) is 0.524. The van der Waals surface area contributed by atoms with Gasteiger partial charge in [0.2, 0.25) is 17.7 Å². The second kappa shape index (κ2) is 10.5. The number of anilines is 1. The van der Waals surface area contributed by atoms with Gasteiger partial charge in [0.1, 0.15) is 11.9 Å². The molecule has 11 heteroatoms. The van der Waals surface area contributed by atoms with Gasteiger partial charge in [-0.3, -0.25) is 19.3 Å². The van der Waals surface area contributed by atoms with Crippen LogP contribution in [0.5, 0.6) is 0 Å². The molecule has 2 saturated heterocycles. The van der Waals surface area contributed by atoms with Crippen LogP contribution in [0.1, 0.15) is 45.6 Å². The van der Waals surface area contributed by atoms with Gasteiger partial charge in [0.05, 0.1) is 12.5 Å². The maximum atomic E-state index is 14.6. The molecule has 194 valence electrons. The van der Waals surface area contributed by atoms with Gasteiger partial charge in [0.25, 0.3) is 0 Å². The largest absolute Gasteiger partial charge is 0.401 e. The van der Waals surface area contributed by atoms with E-state index in [2.05, 4.69) is 16.0 Å². The predicted octanol–water partition coefficient (Wildman–Crippen LogP) is 2.96. The van der Waals surface area contributed by atoms with E-state index in [0.717, 1.165) is 0 Å². The van der Waals surface area contributed by atoms with Crippen LogP contribution < -0.4 is 16.0 Å². The Balaban J connectivity index is 1.73. The first kappa shape index (κ1) is 26.9. The fourth-order valence-electron chi connectivity index (χ4n) is 4.58. The number of benzene rings is 1. The van der Waals surface area contributed by atoms with Crippen molar-refractivity contribution in [3.8, 4) is 0 Å². The molecule has 0 radical (unpaired) electrons. The first-order valence-electron chi connectivity index (χ1n) is 11.7. The van der Waals surface area contributed by atoms with Gasteiger partial charge in [-0.1, -0.05) is 26.8 Å². The number of nitrogens with one attached hydrogen (secondary N) is 3. The molecular formula is C24H32F4N4O3. The normalized spacial score (nSPS) is 20.9. The lowest BCUT2D eigenvalue weighted by Gasteiger charge is -2.36. The summed E-state index contributed by atoms with van der Waals surface area (Å²) in [6.45, 7) is 4.97. The molecule has 1 aromatic rings. The molecule has 3 amide bonds. The molecule has 1 unspecified atom stereocenters. The molecule has 0 saturated carbocycles. The summed E-state index contributed by atoms with van der Waals surface area (Å²) >= 11 is 0. The van der Waals surface area contributed by atoms with Crippen LogP contribution >= 0.6 is 0 Å². The molecule has 1 aromatic carbocycles. The lowest BCUT2D eigenvalue weighted by molar-refractivity contribution is -0.149. The Bertz CT molecular complexity index is 953. The SMILES string of the molecule is CC(C)(C)c1ccc(NC(=O)C(NC(=O)[C@@H]2CNC(=O)C2)C2CCN(CC(F)(F)F)CC2)cc1F. The Morgan fingerprint density at radius 2 is 1.83 bits per heavy atom. The molecule has 2 fully saturated rings. The summed E-state index contributed by atoms with van der Waals surface area (Å²) in [6.07, 6.45) is -3.77. The number of alkyl halides is 3. The molecular weight excluding hydrogens is 468 g/mol. The van der Waals surface area contributed by atoms with E-state index in [-0.39, 0.29) is 50.5 Å². The monoisotopic (exact) mass is 500 g/mol. The van der Waals surface area contributed by atoms with Gasteiger partial charge >= 0.3 is 6.18 Å². The van der Waals surface area contributed by atoms with Gasteiger partial charge < -0.3 is 16.0 Å². The van der Waals surface area contributed by atoms with Crippen LogP contribution in [0, 0.1) is 17.7 Å². The van der Waals surface area contributed by atoms with Crippen LogP contribution in [0.25, 0.3) is 0 Å². The Morgan fingerprint density at radius 3 is 2.34 bits per heavy atom. The lowest BCUT2D eigenvalue weighted by Crippen LogP contribution is -2.53. The average Bonchev–Trinajstić information content (AvgIpc) is 3.17. The highest BCUT2D eigenvalue weighted by Gasteiger charge is 2.38. The summed E-state index contributed by atoms with van der Waals surface area (Å²) in [5, 5.41) is 7.92. The number of hydrogen-bond acceptors (Lipinski definition) is 4. The zero-order valence-electron chi connectivity index (χ0n) is 20.1. The number of rotatable bonds is 6. The standard InChI is InChI=1S/C24H32F4N4O3/c1-23(2,3)17-5-4-16(11-18(17)25)30-22(35)20(31-21(34)15-10-19(33)29-12-15)14-6-8-32(9-7-14)13-24(26,27)28/h4-5,11,14-15,20H,6-10,12-13H2,1-3H3,(H,29,33)(H,30,35)(H,31,34)/t15-,20?/m0/s1. The van der Waals surface area contributed by atoms with Crippen LogP contribution in [0.3, 0.4) is 0 Å². The molecule has 2 aliphatic rings. The minimum absolute atomic E-state index is 0.00365. The summed E-state index contributed by atoms with van der Waals surface area (Å²) in [5.41, 5.74) is 0.267.